The van der Waals surface area contributed by atoms with Crippen molar-refractivity contribution in [3.63, 3.8) is 0 Å². The van der Waals surface area contributed by atoms with Crippen LogP contribution in [0.2, 0.25) is 0 Å². The first-order valence-corrected chi connectivity index (χ1v) is 8.19. The average molecular weight is 283 g/mol. The van der Waals surface area contributed by atoms with Gasteiger partial charge in [0.2, 0.25) is 0 Å². The summed E-state index contributed by atoms with van der Waals surface area (Å²) in [4.78, 5) is 6.98. The van der Waals surface area contributed by atoms with E-state index >= 15 is 0 Å². The minimum atomic E-state index is 0.598. The molecule has 1 aromatic carbocycles. The number of rotatable bonds is 4. The lowest BCUT2D eigenvalue weighted by atomic mass is 10.1. The SMILES string of the molecule is CCCN1CCCC(Nc2ccc3ncccc3c2)CC1. The second-order valence-corrected chi connectivity index (χ2v) is 6.02. The number of anilines is 1. The van der Waals surface area contributed by atoms with Crippen LogP contribution in [-0.4, -0.2) is 35.6 Å². The van der Waals surface area contributed by atoms with E-state index in [9.17, 15) is 0 Å². The minimum Gasteiger partial charge on any atom is -0.382 e. The van der Waals surface area contributed by atoms with Crippen LogP contribution in [0.4, 0.5) is 5.69 Å². The molecular weight excluding hydrogens is 258 g/mol. The number of benzene rings is 1. The van der Waals surface area contributed by atoms with Crippen molar-refractivity contribution in [2.75, 3.05) is 25.0 Å². The van der Waals surface area contributed by atoms with Crippen molar-refractivity contribution in [2.45, 2.75) is 38.6 Å². The summed E-state index contributed by atoms with van der Waals surface area (Å²) in [7, 11) is 0. The van der Waals surface area contributed by atoms with Crippen LogP contribution in [0.1, 0.15) is 32.6 Å². The van der Waals surface area contributed by atoms with Gasteiger partial charge in [0.25, 0.3) is 0 Å². The minimum absolute atomic E-state index is 0.598. The molecule has 3 rings (SSSR count). The van der Waals surface area contributed by atoms with Crippen LogP contribution in [0.25, 0.3) is 10.9 Å². The summed E-state index contributed by atoms with van der Waals surface area (Å²) in [5.41, 5.74) is 2.29. The largest absolute Gasteiger partial charge is 0.382 e. The first kappa shape index (κ1) is 14.3. The van der Waals surface area contributed by atoms with Crippen LogP contribution >= 0.6 is 0 Å². The van der Waals surface area contributed by atoms with Gasteiger partial charge in [0, 0.05) is 29.9 Å². The summed E-state index contributed by atoms with van der Waals surface area (Å²) in [6.45, 7) is 5.99. The molecule has 0 spiro atoms. The van der Waals surface area contributed by atoms with Gasteiger partial charge in [0.05, 0.1) is 5.52 Å². The zero-order valence-electron chi connectivity index (χ0n) is 12.9. The van der Waals surface area contributed by atoms with Gasteiger partial charge in [0.15, 0.2) is 0 Å². The highest BCUT2D eigenvalue weighted by Crippen LogP contribution is 2.21. The monoisotopic (exact) mass is 283 g/mol. The highest BCUT2D eigenvalue weighted by molar-refractivity contribution is 5.82. The number of pyridine rings is 1. The lowest BCUT2D eigenvalue weighted by Crippen LogP contribution is -2.27. The lowest BCUT2D eigenvalue weighted by Gasteiger charge is -2.20. The van der Waals surface area contributed by atoms with E-state index in [0.717, 1.165) is 5.52 Å². The van der Waals surface area contributed by atoms with Crippen molar-refractivity contribution in [2.24, 2.45) is 0 Å². The fraction of sp³-hybridized carbons (Fsp3) is 0.500. The fourth-order valence-corrected chi connectivity index (χ4v) is 3.24. The van der Waals surface area contributed by atoms with Crippen LogP contribution in [0.5, 0.6) is 0 Å². The molecule has 0 saturated carbocycles. The van der Waals surface area contributed by atoms with E-state index < -0.39 is 0 Å². The van der Waals surface area contributed by atoms with E-state index in [2.05, 4.69) is 46.4 Å². The van der Waals surface area contributed by atoms with E-state index in [0.29, 0.717) is 6.04 Å². The number of nitrogens with zero attached hydrogens (tertiary/aromatic N) is 2. The lowest BCUT2D eigenvalue weighted by molar-refractivity contribution is 0.285. The van der Waals surface area contributed by atoms with Gasteiger partial charge < -0.3 is 10.2 Å². The second-order valence-electron chi connectivity index (χ2n) is 6.02. The molecule has 3 nitrogen and oxygen atoms in total. The van der Waals surface area contributed by atoms with Gasteiger partial charge in [0.1, 0.15) is 0 Å². The third-order valence-electron chi connectivity index (χ3n) is 4.33. The maximum Gasteiger partial charge on any atom is 0.0703 e. The van der Waals surface area contributed by atoms with E-state index in [1.165, 1.54) is 56.4 Å². The normalized spacial score (nSPS) is 20.3. The summed E-state index contributed by atoms with van der Waals surface area (Å²) in [6.07, 6.45) is 6.92. The predicted molar refractivity (Wildman–Crippen MR) is 89.7 cm³/mol. The number of aromatic nitrogens is 1. The molecule has 3 heteroatoms. The number of hydrogen-bond acceptors (Lipinski definition) is 3. The smallest absolute Gasteiger partial charge is 0.0703 e. The van der Waals surface area contributed by atoms with Crippen molar-refractivity contribution in [3.8, 4) is 0 Å². The van der Waals surface area contributed by atoms with E-state index in [1.54, 1.807) is 0 Å². The third kappa shape index (κ3) is 3.73. The highest BCUT2D eigenvalue weighted by atomic mass is 15.1. The molecule has 0 aliphatic carbocycles. The Hall–Kier alpha value is -1.61. The van der Waals surface area contributed by atoms with Crippen LogP contribution in [0.3, 0.4) is 0 Å². The zero-order valence-corrected chi connectivity index (χ0v) is 12.9. The molecule has 1 fully saturated rings. The molecule has 0 radical (unpaired) electrons. The second kappa shape index (κ2) is 6.90. The Kier molecular flexibility index (Phi) is 4.71. The van der Waals surface area contributed by atoms with E-state index in [-0.39, 0.29) is 0 Å². The molecule has 1 aliphatic rings. The Bertz CT molecular complexity index is 581. The Balaban J connectivity index is 1.64. The molecule has 0 bridgehead atoms. The van der Waals surface area contributed by atoms with Gasteiger partial charge in [-0.15, -0.1) is 0 Å². The first-order valence-electron chi connectivity index (χ1n) is 8.19. The Labute approximate surface area is 127 Å². The third-order valence-corrected chi connectivity index (χ3v) is 4.33. The number of nitrogens with one attached hydrogen (secondary N) is 1. The summed E-state index contributed by atoms with van der Waals surface area (Å²) >= 11 is 0. The summed E-state index contributed by atoms with van der Waals surface area (Å²) < 4.78 is 0. The van der Waals surface area contributed by atoms with Crippen LogP contribution in [0.15, 0.2) is 36.5 Å². The van der Waals surface area contributed by atoms with Crippen molar-refractivity contribution >= 4 is 16.6 Å². The quantitative estimate of drug-likeness (QED) is 0.922. The van der Waals surface area contributed by atoms with Crippen LogP contribution < -0.4 is 5.32 Å². The van der Waals surface area contributed by atoms with Crippen molar-refractivity contribution in [1.29, 1.82) is 0 Å². The summed E-state index contributed by atoms with van der Waals surface area (Å²) in [6, 6.07) is 11.2. The molecule has 2 aromatic rings. The van der Waals surface area contributed by atoms with Gasteiger partial charge in [-0.05, 0) is 63.0 Å². The maximum atomic E-state index is 4.38. The molecule has 112 valence electrons. The molecule has 0 amide bonds. The van der Waals surface area contributed by atoms with Crippen molar-refractivity contribution in [3.05, 3.63) is 36.5 Å². The molecule has 1 aromatic heterocycles. The Morgan fingerprint density at radius 1 is 1.24 bits per heavy atom. The molecule has 21 heavy (non-hydrogen) atoms. The fourth-order valence-electron chi connectivity index (χ4n) is 3.24. The predicted octanol–water partition coefficient (Wildman–Crippen LogP) is 3.91. The van der Waals surface area contributed by atoms with Crippen LogP contribution in [0, 0.1) is 0 Å². The molecule has 1 aliphatic heterocycles. The first-order chi connectivity index (χ1) is 10.3. The van der Waals surface area contributed by atoms with Crippen LogP contribution in [-0.2, 0) is 0 Å². The van der Waals surface area contributed by atoms with Gasteiger partial charge in [-0.25, -0.2) is 0 Å². The standard InChI is InChI=1S/C18H25N3/c1-2-11-21-12-4-6-16(9-13-21)20-17-7-8-18-15(14-17)5-3-10-19-18/h3,5,7-8,10,14,16,20H,2,4,6,9,11-13H2,1H3. The number of likely N-dealkylation sites (tertiary alicyclic amines) is 1. The molecular formula is C18H25N3. The molecule has 1 saturated heterocycles. The maximum absolute atomic E-state index is 4.38. The Morgan fingerprint density at radius 2 is 2.19 bits per heavy atom. The molecule has 1 atom stereocenters. The Morgan fingerprint density at radius 3 is 3.10 bits per heavy atom. The summed E-state index contributed by atoms with van der Waals surface area (Å²) in [5, 5.41) is 4.93. The average Bonchev–Trinajstić information content (AvgIpc) is 2.73. The van der Waals surface area contributed by atoms with Crippen molar-refractivity contribution in [1.82, 2.24) is 9.88 Å². The summed E-state index contributed by atoms with van der Waals surface area (Å²) in [5.74, 6) is 0. The highest BCUT2D eigenvalue weighted by Gasteiger charge is 2.16. The number of hydrogen-bond donors (Lipinski definition) is 1. The van der Waals surface area contributed by atoms with Crippen molar-refractivity contribution < 1.29 is 0 Å². The zero-order chi connectivity index (χ0) is 14.5. The topological polar surface area (TPSA) is 28.2 Å². The van der Waals surface area contributed by atoms with Gasteiger partial charge in [-0.3, -0.25) is 4.98 Å². The van der Waals surface area contributed by atoms with E-state index in [1.807, 2.05) is 12.3 Å². The van der Waals surface area contributed by atoms with Gasteiger partial charge in [-0.1, -0.05) is 13.0 Å². The molecule has 1 N–H and O–H groups in total. The number of fused-ring (bicyclic) bond motifs is 1. The molecule has 1 unspecified atom stereocenters. The molecule has 2 heterocycles. The van der Waals surface area contributed by atoms with Gasteiger partial charge in [-0.2, -0.15) is 0 Å². The van der Waals surface area contributed by atoms with E-state index in [4.69, 9.17) is 0 Å². The van der Waals surface area contributed by atoms with Gasteiger partial charge >= 0.3 is 0 Å².